The van der Waals surface area contributed by atoms with Gasteiger partial charge in [0, 0.05) is 35.6 Å². The summed E-state index contributed by atoms with van der Waals surface area (Å²) < 4.78 is 0. The number of nitrogen functional groups attached to an aromatic ring is 2. The first kappa shape index (κ1) is 20.3. The van der Waals surface area contributed by atoms with Crippen LogP contribution in [0.5, 0.6) is 0 Å². The minimum atomic E-state index is -0.0901. The van der Waals surface area contributed by atoms with Crippen molar-refractivity contribution in [1.29, 1.82) is 0 Å². The van der Waals surface area contributed by atoms with Gasteiger partial charge in [-0.3, -0.25) is 9.59 Å². The fraction of sp³-hybridized carbons (Fsp3) is 0.333. The fourth-order valence-electron chi connectivity index (χ4n) is 2.70. The van der Waals surface area contributed by atoms with Gasteiger partial charge in [-0.05, 0) is 55.3 Å². The first-order valence-electron chi connectivity index (χ1n) is 9.34. The van der Waals surface area contributed by atoms with Gasteiger partial charge in [0.05, 0.1) is 0 Å². The van der Waals surface area contributed by atoms with Crippen molar-refractivity contribution in [3.8, 4) is 0 Å². The molecule has 6 heteroatoms. The Morgan fingerprint density at radius 3 is 1.81 bits per heavy atom. The lowest BCUT2D eigenvalue weighted by Gasteiger charge is -2.07. The molecular formula is C21H28N4O2. The average Bonchev–Trinajstić information content (AvgIpc) is 2.66. The molecule has 2 aromatic rings. The second-order valence-electron chi connectivity index (χ2n) is 6.53. The van der Waals surface area contributed by atoms with E-state index in [1.54, 1.807) is 48.5 Å². The number of nitrogens with two attached hydrogens (primary N) is 2. The Balaban J connectivity index is 1.48. The summed E-state index contributed by atoms with van der Waals surface area (Å²) in [5, 5.41) is 5.82. The van der Waals surface area contributed by atoms with E-state index < -0.39 is 0 Å². The number of anilines is 2. The molecular weight excluding hydrogens is 340 g/mol. The number of carbonyl (C=O) groups excluding carboxylic acids is 2. The SMILES string of the molecule is Nc1ccc(C(=O)NCCCCCCCNC(=O)c2cccc(N)c2)cc1. The summed E-state index contributed by atoms with van der Waals surface area (Å²) in [5.41, 5.74) is 13.7. The van der Waals surface area contributed by atoms with Gasteiger partial charge in [-0.2, -0.15) is 0 Å². The topological polar surface area (TPSA) is 110 Å². The minimum Gasteiger partial charge on any atom is -0.399 e. The predicted molar refractivity (Wildman–Crippen MR) is 109 cm³/mol. The number of unbranched alkanes of at least 4 members (excludes halogenated alkanes) is 4. The zero-order chi connectivity index (χ0) is 19.5. The smallest absolute Gasteiger partial charge is 0.251 e. The van der Waals surface area contributed by atoms with Crippen molar-refractivity contribution in [3.63, 3.8) is 0 Å². The summed E-state index contributed by atoms with van der Waals surface area (Å²) in [6.07, 6.45) is 5.04. The quantitative estimate of drug-likeness (QED) is 0.382. The van der Waals surface area contributed by atoms with Gasteiger partial charge in [-0.25, -0.2) is 0 Å². The van der Waals surface area contributed by atoms with Gasteiger partial charge in [0.25, 0.3) is 11.8 Å². The molecule has 0 radical (unpaired) electrons. The van der Waals surface area contributed by atoms with E-state index in [0.717, 1.165) is 32.1 Å². The number of rotatable bonds is 10. The summed E-state index contributed by atoms with van der Waals surface area (Å²) in [6.45, 7) is 1.32. The van der Waals surface area contributed by atoms with E-state index in [1.807, 2.05) is 0 Å². The van der Waals surface area contributed by atoms with E-state index in [2.05, 4.69) is 10.6 Å². The number of benzene rings is 2. The van der Waals surface area contributed by atoms with Gasteiger partial charge in [0.1, 0.15) is 0 Å². The van der Waals surface area contributed by atoms with Crippen molar-refractivity contribution in [2.45, 2.75) is 32.1 Å². The van der Waals surface area contributed by atoms with Crippen LogP contribution in [0.4, 0.5) is 11.4 Å². The highest BCUT2D eigenvalue weighted by atomic mass is 16.2. The van der Waals surface area contributed by atoms with Gasteiger partial charge in [-0.15, -0.1) is 0 Å². The number of nitrogens with one attached hydrogen (secondary N) is 2. The van der Waals surface area contributed by atoms with Crippen molar-refractivity contribution in [2.24, 2.45) is 0 Å². The molecule has 0 saturated heterocycles. The first-order chi connectivity index (χ1) is 13.1. The monoisotopic (exact) mass is 368 g/mol. The van der Waals surface area contributed by atoms with E-state index in [0.29, 0.717) is 35.6 Å². The third kappa shape index (κ3) is 7.40. The number of amides is 2. The second kappa shape index (κ2) is 10.9. The maximum atomic E-state index is 12.0. The van der Waals surface area contributed by atoms with Crippen molar-refractivity contribution in [1.82, 2.24) is 10.6 Å². The summed E-state index contributed by atoms with van der Waals surface area (Å²) >= 11 is 0. The molecule has 0 fully saturated rings. The van der Waals surface area contributed by atoms with Crippen LogP contribution in [0.3, 0.4) is 0 Å². The zero-order valence-electron chi connectivity index (χ0n) is 15.5. The van der Waals surface area contributed by atoms with Gasteiger partial charge >= 0.3 is 0 Å². The molecule has 2 rings (SSSR count). The van der Waals surface area contributed by atoms with Crippen LogP contribution in [0.2, 0.25) is 0 Å². The third-order valence-corrected chi connectivity index (χ3v) is 4.25. The molecule has 0 unspecified atom stereocenters. The third-order valence-electron chi connectivity index (χ3n) is 4.25. The highest BCUT2D eigenvalue weighted by molar-refractivity contribution is 5.95. The number of hydrogen-bond donors (Lipinski definition) is 4. The Hall–Kier alpha value is -3.02. The summed E-state index contributed by atoms with van der Waals surface area (Å²) in [4.78, 5) is 23.9. The largest absolute Gasteiger partial charge is 0.399 e. The van der Waals surface area contributed by atoms with Crippen LogP contribution in [0.1, 0.15) is 52.8 Å². The molecule has 6 N–H and O–H groups in total. The zero-order valence-corrected chi connectivity index (χ0v) is 15.5. The van der Waals surface area contributed by atoms with Gasteiger partial charge in [-0.1, -0.05) is 25.3 Å². The maximum Gasteiger partial charge on any atom is 0.251 e. The average molecular weight is 368 g/mol. The molecule has 0 bridgehead atoms. The van der Waals surface area contributed by atoms with Crippen LogP contribution in [0.25, 0.3) is 0 Å². The molecule has 0 aromatic heterocycles. The lowest BCUT2D eigenvalue weighted by atomic mass is 10.1. The molecule has 0 atom stereocenters. The Kier molecular flexibility index (Phi) is 8.16. The minimum absolute atomic E-state index is 0.0701. The lowest BCUT2D eigenvalue weighted by Crippen LogP contribution is -2.24. The van der Waals surface area contributed by atoms with Crippen LogP contribution in [-0.2, 0) is 0 Å². The van der Waals surface area contributed by atoms with Crippen LogP contribution >= 0.6 is 0 Å². The molecule has 0 spiro atoms. The van der Waals surface area contributed by atoms with E-state index in [9.17, 15) is 9.59 Å². The van der Waals surface area contributed by atoms with E-state index in [4.69, 9.17) is 11.5 Å². The van der Waals surface area contributed by atoms with Crippen molar-refractivity contribution in [2.75, 3.05) is 24.6 Å². The van der Waals surface area contributed by atoms with Crippen LogP contribution in [0, 0.1) is 0 Å². The van der Waals surface area contributed by atoms with Gasteiger partial charge < -0.3 is 22.1 Å². The summed E-state index contributed by atoms with van der Waals surface area (Å²) in [6, 6.07) is 13.9. The summed E-state index contributed by atoms with van der Waals surface area (Å²) in [7, 11) is 0. The molecule has 6 nitrogen and oxygen atoms in total. The maximum absolute atomic E-state index is 12.0. The molecule has 0 aliphatic carbocycles. The molecule has 0 heterocycles. The highest BCUT2D eigenvalue weighted by Gasteiger charge is 2.05. The molecule has 2 aromatic carbocycles. The van der Waals surface area contributed by atoms with Crippen LogP contribution in [-0.4, -0.2) is 24.9 Å². The molecule has 0 aliphatic rings. The van der Waals surface area contributed by atoms with Crippen LogP contribution < -0.4 is 22.1 Å². The molecule has 0 saturated carbocycles. The molecule has 144 valence electrons. The Labute approximate surface area is 160 Å². The molecule has 27 heavy (non-hydrogen) atoms. The van der Waals surface area contributed by atoms with E-state index in [1.165, 1.54) is 0 Å². The number of carbonyl (C=O) groups is 2. The first-order valence-corrected chi connectivity index (χ1v) is 9.34. The fourth-order valence-corrected chi connectivity index (χ4v) is 2.70. The second-order valence-corrected chi connectivity index (χ2v) is 6.53. The van der Waals surface area contributed by atoms with Crippen molar-refractivity contribution >= 4 is 23.2 Å². The molecule has 2 amide bonds. The predicted octanol–water partition coefficient (Wildman–Crippen LogP) is 2.96. The van der Waals surface area contributed by atoms with Gasteiger partial charge in [0.15, 0.2) is 0 Å². The van der Waals surface area contributed by atoms with Crippen molar-refractivity contribution in [3.05, 3.63) is 59.7 Å². The lowest BCUT2D eigenvalue weighted by molar-refractivity contribution is 0.0945. The van der Waals surface area contributed by atoms with E-state index >= 15 is 0 Å². The Bertz CT molecular complexity index is 744. The Morgan fingerprint density at radius 1 is 0.667 bits per heavy atom. The van der Waals surface area contributed by atoms with Crippen LogP contribution in [0.15, 0.2) is 48.5 Å². The van der Waals surface area contributed by atoms with Crippen molar-refractivity contribution < 1.29 is 9.59 Å². The number of hydrogen-bond acceptors (Lipinski definition) is 4. The molecule has 0 aliphatic heterocycles. The normalized spacial score (nSPS) is 10.4. The Morgan fingerprint density at radius 2 is 1.22 bits per heavy atom. The summed E-state index contributed by atoms with van der Waals surface area (Å²) in [5.74, 6) is -0.160. The standard InChI is InChI=1S/C21H28N4O2/c22-18-11-9-16(10-12-18)20(26)24-13-4-2-1-3-5-14-25-21(27)17-7-6-8-19(23)15-17/h6-12,15H,1-5,13-14,22-23H2,(H,24,26)(H,25,27). The van der Waals surface area contributed by atoms with Gasteiger partial charge in [0.2, 0.25) is 0 Å². The van der Waals surface area contributed by atoms with E-state index in [-0.39, 0.29) is 11.8 Å². The highest BCUT2D eigenvalue weighted by Crippen LogP contribution is 2.07.